The minimum Gasteiger partial charge on any atom is -0.339 e. The SMILES string of the molecule is CCc1ccccc1Nc1nncc(Nc2ccc(C(C)(C)C)cc2)n1. The lowest BCUT2D eigenvalue weighted by Gasteiger charge is -2.19. The van der Waals surface area contributed by atoms with Crippen LogP contribution in [0.3, 0.4) is 0 Å². The summed E-state index contributed by atoms with van der Waals surface area (Å²) in [6, 6.07) is 16.5. The topological polar surface area (TPSA) is 62.7 Å². The van der Waals surface area contributed by atoms with Crippen molar-refractivity contribution in [2.75, 3.05) is 10.6 Å². The van der Waals surface area contributed by atoms with Crippen molar-refractivity contribution in [1.29, 1.82) is 0 Å². The number of hydrogen-bond donors (Lipinski definition) is 2. The van der Waals surface area contributed by atoms with Crippen LogP contribution in [0.5, 0.6) is 0 Å². The quantitative estimate of drug-likeness (QED) is 0.662. The Morgan fingerprint density at radius 1 is 0.923 bits per heavy atom. The van der Waals surface area contributed by atoms with Crippen LogP contribution in [0.1, 0.15) is 38.8 Å². The third-order valence-corrected chi connectivity index (χ3v) is 4.23. The Labute approximate surface area is 154 Å². The summed E-state index contributed by atoms with van der Waals surface area (Å²) in [4.78, 5) is 4.51. The van der Waals surface area contributed by atoms with Crippen LogP contribution < -0.4 is 10.6 Å². The van der Waals surface area contributed by atoms with Crippen LogP contribution >= 0.6 is 0 Å². The van der Waals surface area contributed by atoms with E-state index in [1.54, 1.807) is 6.20 Å². The lowest BCUT2D eigenvalue weighted by Crippen LogP contribution is -2.10. The second-order valence-corrected chi connectivity index (χ2v) is 7.25. The van der Waals surface area contributed by atoms with Gasteiger partial charge in [0, 0.05) is 11.4 Å². The summed E-state index contributed by atoms with van der Waals surface area (Å²) in [5.41, 5.74) is 4.62. The smallest absolute Gasteiger partial charge is 0.249 e. The molecular formula is C21H25N5. The monoisotopic (exact) mass is 347 g/mol. The van der Waals surface area contributed by atoms with E-state index in [1.807, 2.05) is 18.2 Å². The normalized spacial score (nSPS) is 11.2. The lowest BCUT2D eigenvalue weighted by atomic mass is 9.87. The molecule has 0 amide bonds. The van der Waals surface area contributed by atoms with Gasteiger partial charge < -0.3 is 10.6 Å². The van der Waals surface area contributed by atoms with Crippen LogP contribution in [-0.4, -0.2) is 15.2 Å². The van der Waals surface area contributed by atoms with Crippen molar-refractivity contribution in [3.8, 4) is 0 Å². The standard InChI is InChI=1S/C21H25N5/c1-5-15-8-6-7-9-18(15)24-20-25-19(14-22-26-20)23-17-12-10-16(11-13-17)21(2,3)4/h6-14H,5H2,1-4H3,(H2,23,24,25,26). The van der Waals surface area contributed by atoms with Crippen molar-refractivity contribution in [2.24, 2.45) is 0 Å². The lowest BCUT2D eigenvalue weighted by molar-refractivity contribution is 0.590. The van der Waals surface area contributed by atoms with Gasteiger partial charge in [-0.3, -0.25) is 0 Å². The van der Waals surface area contributed by atoms with E-state index >= 15 is 0 Å². The number of rotatable bonds is 5. The maximum atomic E-state index is 4.51. The summed E-state index contributed by atoms with van der Waals surface area (Å²) < 4.78 is 0. The summed E-state index contributed by atoms with van der Waals surface area (Å²) in [5.74, 6) is 1.13. The first-order valence-electron chi connectivity index (χ1n) is 8.88. The number of nitrogens with one attached hydrogen (secondary N) is 2. The van der Waals surface area contributed by atoms with E-state index in [-0.39, 0.29) is 5.41 Å². The number of anilines is 4. The third kappa shape index (κ3) is 4.36. The van der Waals surface area contributed by atoms with E-state index in [2.05, 4.69) is 83.8 Å². The Morgan fingerprint density at radius 3 is 2.35 bits per heavy atom. The number of benzene rings is 2. The fourth-order valence-electron chi connectivity index (χ4n) is 2.69. The molecule has 0 fully saturated rings. The first kappa shape index (κ1) is 17.9. The molecule has 5 nitrogen and oxygen atoms in total. The van der Waals surface area contributed by atoms with Gasteiger partial charge in [-0.05, 0) is 41.2 Å². The van der Waals surface area contributed by atoms with Gasteiger partial charge >= 0.3 is 0 Å². The maximum Gasteiger partial charge on any atom is 0.249 e. The molecule has 0 aliphatic carbocycles. The summed E-state index contributed by atoms with van der Waals surface area (Å²) in [6.07, 6.45) is 2.56. The number of para-hydroxylation sites is 1. The van der Waals surface area contributed by atoms with E-state index in [0.29, 0.717) is 11.8 Å². The number of aromatic nitrogens is 3. The summed E-state index contributed by atoms with van der Waals surface area (Å²) in [7, 11) is 0. The van der Waals surface area contributed by atoms with Crippen molar-refractivity contribution >= 4 is 23.1 Å². The van der Waals surface area contributed by atoms with Gasteiger partial charge in [0.2, 0.25) is 5.95 Å². The van der Waals surface area contributed by atoms with Crippen molar-refractivity contribution in [3.63, 3.8) is 0 Å². The molecule has 0 saturated heterocycles. The maximum absolute atomic E-state index is 4.51. The fraction of sp³-hybridized carbons (Fsp3) is 0.286. The highest BCUT2D eigenvalue weighted by Crippen LogP contribution is 2.25. The van der Waals surface area contributed by atoms with Crippen molar-refractivity contribution in [1.82, 2.24) is 15.2 Å². The molecule has 0 atom stereocenters. The predicted molar refractivity (Wildman–Crippen MR) is 107 cm³/mol. The second kappa shape index (κ2) is 7.52. The van der Waals surface area contributed by atoms with Gasteiger partial charge in [-0.25, -0.2) is 0 Å². The molecule has 1 aromatic heterocycles. The average Bonchev–Trinajstić information content (AvgIpc) is 2.62. The molecule has 0 bridgehead atoms. The second-order valence-electron chi connectivity index (χ2n) is 7.25. The molecule has 1 heterocycles. The zero-order chi connectivity index (χ0) is 18.6. The van der Waals surface area contributed by atoms with Crippen LogP contribution in [0.2, 0.25) is 0 Å². The van der Waals surface area contributed by atoms with Gasteiger partial charge in [0.05, 0.1) is 6.20 Å². The highest BCUT2D eigenvalue weighted by Gasteiger charge is 2.13. The molecule has 0 unspecified atom stereocenters. The Kier molecular flexibility index (Phi) is 5.16. The van der Waals surface area contributed by atoms with Crippen LogP contribution in [-0.2, 0) is 11.8 Å². The van der Waals surface area contributed by atoms with Crippen molar-refractivity contribution in [3.05, 3.63) is 65.9 Å². The first-order valence-corrected chi connectivity index (χ1v) is 8.88. The molecular weight excluding hydrogens is 322 g/mol. The Hall–Kier alpha value is -2.95. The minimum absolute atomic E-state index is 0.138. The number of hydrogen-bond acceptors (Lipinski definition) is 5. The zero-order valence-corrected chi connectivity index (χ0v) is 15.7. The molecule has 2 N–H and O–H groups in total. The van der Waals surface area contributed by atoms with Gasteiger partial charge in [-0.15, -0.1) is 5.10 Å². The van der Waals surface area contributed by atoms with Gasteiger partial charge in [0.25, 0.3) is 0 Å². The van der Waals surface area contributed by atoms with Gasteiger partial charge in [0.1, 0.15) is 0 Å². The van der Waals surface area contributed by atoms with Crippen LogP contribution in [0.25, 0.3) is 0 Å². The third-order valence-electron chi connectivity index (χ3n) is 4.23. The molecule has 2 aromatic carbocycles. The molecule has 0 aliphatic heterocycles. The molecule has 26 heavy (non-hydrogen) atoms. The summed E-state index contributed by atoms with van der Waals surface area (Å²) in [5, 5.41) is 14.7. The van der Waals surface area contributed by atoms with Crippen LogP contribution in [0.4, 0.5) is 23.1 Å². The largest absolute Gasteiger partial charge is 0.339 e. The van der Waals surface area contributed by atoms with Gasteiger partial charge in [-0.1, -0.05) is 58.0 Å². The van der Waals surface area contributed by atoms with E-state index < -0.39 is 0 Å². The van der Waals surface area contributed by atoms with Crippen LogP contribution in [0, 0.1) is 0 Å². The van der Waals surface area contributed by atoms with Gasteiger partial charge in [-0.2, -0.15) is 10.1 Å². The highest BCUT2D eigenvalue weighted by atomic mass is 15.3. The average molecular weight is 347 g/mol. The molecule has 0 spiro atoms. The van der Waals surface area contributed by atoms with Gasteiger partial charge in [0.15, 0.2) is 5.82 Å². The Bertz CT molecular complexity index is 866. The van der Waals surface area contributed by atoms with Crippen molar-refractivity contribution in [2.45, 2.75) is 39.5 Å². The van der Waals surface area contributed by atoms with E-state index in [9.17, 15) is 0 Å². The molecule has 0 radical (unpaired) electrons. The molecule has 5 heteroatoms. The predicted octanol–water partition coefficient (Wildman–Crippen LogP) is 5.22. The van der Waals surface area contributed by atoms with E-state index in [4.69, 9.17) is 0 Å². The zero-order valence-electron chi connectivity index (χ0n) is 15.7. The van der Waals surface area contributed by atoms with Crippen LogP contribution in [0.15, 0.2) is 54.7 Å². The molecule has 3 aromatic rings. The molecule has 134 valence electrons. The summed E-state index contributed by atoms with van der Waals surface area (Å²) >= 11 is 0. The molecule has 0 saturated carbocycles. The Morgan fingerprint density at radius 2 is 1.65 bits per heavy atom. The molecule has 0 aliphatic rings. The number of aryl methyl sites for hydroxylation is 1. The minimum atomic E-state index is 0.138. The van der Waals surface area contributed by atoms with Crippen molar-refractivity contribution < 1.29 is 0 Å². The number of nitrogens with zero attached hydrogens (tertiary/aromatic N) is 3. The Balaban J connectivity index is 1.75. The highest BCUT2D eigenvalue weighted by molar-refractivity contribution is 5.61. The summed E-state index contributed by atoms with van der Waals surface area (Å²) in [6.45, 7) is 8.74. The molecule has 3 rings (SSSR count). The fourth-order valence-corrected chi connectivity index (χ4v) is 2.69. The van der Waals surface area contributed by atoms with E-state index in [0.717, 1.165) is 17.8 Å². The first-order chi connectivity index (χ1) is 12.5. The van der Waals surface area contributed by atoms with E-state index in [1.165, 1.54) is 11.1 Å².